The highest BCUT2D eigenvalue weighted by atomic mass is 79.9. The van der Waals surface area contributed by atoms with Crippen molar-refractivity contribution < 1.29 is 26.7 Å². The SMILES string of the molecule is COC(=O)CCCS(=O)(=O)Nc1cc(F)c(Br)cc1F. The third-order valence-electron chi connectivity index (χ3n) is 2.30. The van der Waals surface area contributed by atoms with E-state index < -0.39 is 39.1 Å². The van der Waals surface area contributed by atoms with Gasteiger partial charge in [-0.25, -0.2) is 17.2 Å². The van der Waals surface area contributed by atoms with Crippen LogP contribution in [-0.4, -0.2) is 27.2 Å². The highest BCUT2D eigenvalue weighted by Gasteiger charge is 2.16. The minimum atomic E-state index is -3.87. The van der Waals surface area contributed by atoms with Gasteiger partial charge in [0.15, 0.2) is 0 Å². The summed E-state index contributed by atoms with van der Waals surface area (Å²) in [6.45, 7) is 0. The number of anilines is 1. The van der Waals surface area contributed by atoms with Gasteiger partial charge < -0.3 is 4.74 Å². The van der Waals surface area contributed by atoms with Crippen molar-refractivity contribution in [1.29, 1.82) is 0 Å². The quantitative estimate of drug-likeness (QED) is 0.615. The number of carbonyl (C=O) groups excluding carboxylic acids is 1. The Balaban J connectivity index is 2.71. The molecule has 1 aromatic carbocycles. The van der Waals surface area contributed by atoms with Gasteiger partial charge in [-0.2, -0.15) is 0 Å². The first kappa shape index (κ1) is 16.8. The van der Waals surface area contributed by atoms with Crippen molar-refractivity contribution in [2.75, 3.05) is 17.6 Å². The highest BCUT2D eigenvalue weighted by Crippen LogP contribution is 2.24. The molecule has 0 aromatic heterocycles. The van der Waals surface area contributed by atoms with Crippen molar-refractivity contribution in [2.24, 2.45) is 0 Å². The molecule has 0 bridgehead atoms. The lowest BCUT2D eigenvalue weighted by atomic mass is 10.3. The third kappa shape index (κ3) is 5.04. The lowest BCUT2D eigenvalue weighted by Gasteiger charge is -2.09. The van der Waals surface area contributed by atoms with Gasteiger partial charge in [0.25, 0.3) is 0 Å². The molecule has 0 aliphatic carbocycles. The molecular weight excluding hydrogens is 360 g/mol. The van der Waals surface area contributed by atoms with Crippen LogP contribution in [0.15, 0.2) is 16.6 Å². The predicted octanol–water partition coefficient (Wildman–Crippen LogP) is 2.42. The molecule has 9 heteroatoms. The monoisotopic (exact) mass is 371 g/mol. The van der Waals surface area contributed by atoms with Crippen LogP contribution in [0, 0.1) is 11.6 Å². The van der Waals surface area contributed by atoms with Crippen LogP contribution in [0.4, 0.5) is 14.5 Å². The van der Waals surface area contributed by atoms with Crippen LogP contribution in [0.3, 0.4) is 0 Å². The van der Waals surface area contributed by atoms with Crippen molar-refractivity contribution >= 4 is 37.6 Å². The van der Waals surface area contributed by atoms with Gasteiger partial charge >= 0.3 is 5.97 Å². The normalized spacial score (nSPS) is 11.2. The summed E-state index contributed by atoms with van der Waals surface area (Å²) in [6, 6.07) is 1.55. The Morgan fingerprint density at radius 1 is 1.35 bits per heavy atom. The molecule has 112 valence electrons. The summed E-state index contributed by atoms with van der Waals surface area (Å²) in [6.07, 6.45) is -0.0583. The maximum absolute atomic E-state index is 13.5. The maximum Gasteiger partial charge on any atom is 0.305 e. The number of esters is 1. The number of nitrogens with one attached hydrogen (secondary N) is 1. The Bertz CT molecular complexity index is 607. The van der Waals surface area contributed by atoms with Crippen molar-refractivity contribution in [3.8, 4) is 0 Å². The number of hydrogen-bond donors (Lipinski definition) is 1. The zero-order valence-electron chi connectivity index (χ0n) is 10.5. The molecule has 0 amide bonds. The van der Waals surface area contributed by atoms with Gasteiger partial charge in [-0.3, -0.25) is 9.52 Å². The van der Waals surface area contributed by atoms with Gasteiger partial charge in [0.05, 0.1) is 23.0 Å². The number of methoxy groups -OCH3 is 1. The van der Waals surface area contributed by atoms with E-state index in [9.17, 15) is 22.0 Å². The highest BCUT2D eigenvalue weighted by molar-refractivity contribution is 9.10. The van der Waals surface area contributed by atoms with Gasteiger partial charge in [-0.1, -0.05) is 0 Å². The molecule has 1 N–H and O–H groups in total. The van der Waals surface area contributed by atoms with Crippen LogP contribution < -0.4 is 4.72 Å². The summed E-state index contributed by atoms with van der Waals surface area (Å²) in [5.41, 5.74) is -0.483. The molecule has 20 heavy (non-hydrogen) atoms. The molecule has 0 unspecified atom stereocenters. The topological polar surface area (TPSA) is 72.5 Å². The van der Waals surface area contributed by atoms with E-state index in [-0.39, 0.29) is 17.3 Å². The minimum absolute atomic E-state index is 0.0165. The van der Waals surface area contributed by atoms with E-state index in [2.05, 4.69) is 20.7 Å². The fraction of sp³-hybridized carbons (Fsp3) is 0.364. The first-order chi connectivity index (χ1) is 9.25. The second-order valence-electron chi connectivity index (χ2n) is 3.85. The number of halogens is 3. The number of ether oxygens (including phenoxy) is 1. The Morgan fingerprint density at radius 3 is 2.60 bits per heavy atom. The van der Waals surface area contributed by atoms with Crippen molar-refractivity contribution in [2.45, 2.75) is 12.8 Å². The molecule has 0 heterocycles. The van der Waals surface area contributed by atoms with E-state index in [1.165, 1.54) is 7.11 Å². The lowest BCUT2D eigenvalue weighted by molar-refractivity contribution is -0.140. The number of carbonyl (C=O) groups is 1. The van der Waals surface area contributed by atoms with E-state index in [0.717, 1.165) is 12.1 Å². The molecule has 0 aliphatic heterocycles. The zero-order chi connectivity index (χ0) is 15.3. The molecule has 1 aromatic rings. The Morgan fingerprint density at radius 2 is 2.00 bits per heavy atom. The fourth-order valence-corrected chi connectivity index (χ4v) is 2.76. The molecular formula is C11H12BrF2NO4S. The number of benzene rings is 1. The first-order valence-corrected chi connectivity index (χ1v) is 7.91. The predicted molar refractivity (Wildman–Crippen MR) is 72.7 cm³/mol. The summed E-state index contributed by atoms with van der Waals surface area (Å²) < 4.78 is 56.2. The smallest absolute Gasteiger partial charge is 0.305 e. The molecule has 1 rings (SSSR count). The summed E-state index contributed by atoms with van der Waals surface area (Å²) in [7, 11) is -2.68. The van der Waals surface area contributed by atoms with Crippen LogP contribution in [-0.2, 0) is 19.6 Å². The van der Waals surface area contributed by atoms with Gasteiger partial charge in [0.1, 0.15) is 11.6 Å². The van der Waals surface area contributed by atoms with E-state index in [1.807, 2.05) is 4.72 Å². The van der Waals surface area contributed by atoms with E-state index in [0.29, 0.717) is 0 Å². The summed E-state index contributed by atoms with van der Waals surface area (Å²) >= 11 is 2.78. The second kappa shape index (κ2) is 6.98. The van der Waals surface area contributed by atoms with Gasteiger partial charge in [-0.15, -0.1) is 0 Å². The van der Waals surface area contributed by atoms with Crippen LogP contribution in [0.1, 0.15) is 12.8 Å². The molecule has 0 radical (unpaired) electrons. The molecule has 0 atom stereocenters. The number of sulfonamides is 1. The van der Waals surface area contributed by atoms with Gasteiger partial charge in [0, 0.05) is 12.5 Å². The third-order valence-corrected chi connectivity index (χ3v) is 4.26. The minimum Gasteiger partial charge on any atom is -0.469 e. The maximum atomic E-state index is 13.5. The van der Waals surface area contributed by atoms with Crippen LogP contribution >= 0.6 is 15.9 Å². The Labute approximate surface area is 123 Å². The summed E-state index contributed by atoms with van der Waals surface area (Å²) in [5, 5.41) is 0. The Hall–Kier alpha value is -1.22. The van der Waals surface area contributed by atoms with Crippen LogP contribution in [0.2, 0.25) is 0 Å². The van der Waals surface area contributed by atoms with Crippen LogP contribution in [0.5, 0.6) is 0 Å². The molecule has 0 aliphatic rings. The lowest BCUT2D eigenvalue weighted by Crippen LogP contribution is -2.18. The molecule has 0 spiro atoms. The van der Waals surface area contributed by atoms with E-state index in [4.69, 9.17) is 0 Å². The summed E-state index contributed by atoms with van der Waals surface area (Å²) in [5.74, 6) is -2.64. The number of rotatable bonds is 6. The molecule has 0 saturated carbocycles. The zero-order valence-corrected chi connectivity index (χ0v) is 12.9. The standard InChI is InChI=1S/C11H12BrF2NO4S/c1-19-11(16)3-2-4-20(17,18)15-10-6-8(13)7(12)5-9(10)14/h5-6,15H,2-4H2,1H3. The average molecular weight is 372 g/mol. The second-order valence-corrected chi connectivity index (χ2v) is 6.54. The first-order valence-electron chi connectivity index (χ1n) is 5.47. The number of hydrogen-bond acceptors (Lipinski definition) is 4. The van der Waals surface area contributed by atoms with E-state index in [1.54, 1.807) is 0 Å². The van der Waals surface area contributed by atoms with Crippen molar-refractivity contribution in [3.63, 3.8) is 0 Å². The van der Waals surface area contributed by atoms with Crippen molar-refractivity contribution in [3.05, 3.63) is 28.2 Å². The summed E-state index contributed by atoms with van der Waals surface area (Å²) in [4.78, 5) is 10.8. The largest absolute Gasteiger partial charge is 0.469 e. The average Bonchev–Trinajstić information content (AvgIpc) is 2.35. The molecule has 0 saturated heterocycles. The van der Waals surface area contributed by atoms with Gasteiger partial charge in [-0.05, 0) is 28.4 Å². The van der Waals surface area contributed by atoms with Crippen LogP contribution in [0.25, 0.3) is 0 Å². The van der Waals surface area contributed by atoms with E-state index >= 15 is 0 Å². The fourth-order valence-electron chi connectivity index (χ4n) is 1.33. The molecule has 5 nitrogen and oxygen atoms in total. The Kier molecular flexibility index (Phi) is 5.88. The van der Waals surface area contributed by atoms with Gasteiger partial charge in [0.2, 0.25) is 10.0 Å². The molecule has 0 fully saturated rings. The van der Waals surface area contributed by atoms with Crippen molar-refractivity contribution in [1.82, 2.24) is 0 Å².